The number of hydrogen-bond acceptors (Lipinski definition) is 5. The molecule has 1 aliphatic rings. The van der Waals surface area contributed by atoms with Crippen molar-refractivity contribution < 1.29 is 0 Å². The molecule has 0 radical (unpaired) electrons. The van der Waals surface area contributed by atoms with E-state index in [0.29, 0.717) is 5.95 Å². The Hall–Kier alpha value is -2.77. The number of imidazole rings is 1. The third kappa shape index (κ3) is 2.65. The largest absolute Gasteiger partial charge is 0.348 e. The summed E-state index contributed by atoms with van der Waals surface area (Å²) in [5.74, 6) is 0.706. The molecule has 26 heavy (non-hydrogen) atoms. The fourth-order valence-electron chi connectivity index (χ4n) is 3.66. The maximum Gasteiger partial charge on any atom is 0.233 e. The number of hydrogen-bond donors (Lipinski definition) is 1. The van der Waals surface area contributed by atoms with Gasteiger partial charge in [-0.15, -0.1) is 0 Å². The molecule has 7 heteroatoms. The van der Waals surface area contributed by atoms with Crippen LogP contribution in [0, 0.1) is 0 Å². The van der Waals surface area contributed by atoms with E-state index in [9.17, 15) is 0 Å². The van der Waals surface area contributed by atoms with Crippen molar-refractivity contribution in [1.82, 2.24) is 29.4 Å². The number of aromatic amines is 1. The van der Waals surface area contributed by atoms with Crippen LogP contribution in [0.25, 0.3) is 5.95 Å². The van der Waals surface area contributed by atoms with Gasteiger partial charge in [0, 0.05) is 49.5 Å². The predicted octanol–water partition coefficient (Wildman–Crippen LogP) is 3.20. The second kappa shape index (κ2) is 6.51. The van der Waals surface area contributed by atoms with Crippen LogP contribution in [-0.2, 0) is 13.0 Å². The predicted molar refractivity (Wildman–Crippen MR) is 100 cm³/mol. The summed E-state index contributed by atoms with van der Waals surface area (Å²) in [6.07, 6.45) is 8.37. The summed E-state index contributed by atoms with van der Waals surface area (Å²) in [6.45, 7) is 1.80. The van der Waals surface area contributed by atoms with E-state index in [-0.39, 0.29) is 6.04 Å². The Labute approximate surface area is 155 Å². The minimum Gasteiger partial charge on any atom is -0.348 e. The molecule has 0 saturated carbocycles. The van der Waals surface area contributed by atoms with E-state index >= 15 is 0 Å². The molecule has 0 unspecified atom stereocenters. The van der Waals surface area contributed by atoms with E-state index in [4.69, 9.17) is 0 Å². The molecule has 0 amide bonds. The first-order chi connectivity index (χ1) is 12.9. The van der Waals surface area contributed by atoms with Gasteiger partial charge in [-0.05, 0) is 40.6 Å². The van der Waals surface area contributed by atoms with E-state index in [0.717, 1.165) is 25.2 Å². The lowest BCUT2D eigenvalue weighted by molar-refractivity contribution is 0.197. The van der Waals surface area contributed by atoms with Crippen molar-refractivity contribution in [2.24, 2.45) is 0 Å². The molecule has 5 rings (SSSR count). The summed E-state index contributed by atoms with van der Waals surface area (Å²) >= 11 is 1.73. The molecule has 0 aliphatic carbocycles. The highest BCUT2D eigenvalue weighted by atomic mass is 32.1. The smallest absolute Gasteiger partial charge is 0.233 e. The van der Waals surface area contributed by atoms with Gasteiger partial charge in [0.1, 0.15) is 0 Å². The molecule has 130 valence electrons. The Kier molecular flexibility index (Phi) is 3.88. The maximum atomic E-state index is 4.63. The number of aromatic nitrogens is 5. The Morgan fingerprint density at radius 3 is 2.92 bits per heavy atom. The molecule has 1 atom stereocenters. The summed E-state index contributed by atoms with van der Waals surface area (Å²) in [5, 5.41) is 4.36. The standard InChI is InChI=1S/C19H18N6S/c1-3-15(25(8-1)19-20-6-2-7-21-19)11-24-9-4-16-17(23-13-22-16)18(24)14-5-10-26-12-14/h1-3,5-8,10,12-13,18H,4,9,11H2,(H,22,23)/t18-/m0/s1. The van der Waals surface area contributed by atoms with E-state index in [1.165, 1.54) is 17.0 Å². The number of nitrogens with zero attached hydrogens (tertiary/aromatic N) is 5. The fraction of sp³-hybridized carbons (Fsp3) is 0.211. The Morgan fingerprint density at radius 2 is 2.08 bits per heavy atom. The highest BCUT2D eigenvalue weighted by Gasteiger charge is 2.31. The van der Waals surface area contributed by atoms with Crippen LogP contribution in [-0.4, -0.2) is 35.9 Å². The summed E-state index contributed by atoms with van der Waals surface area (Å²) in [5.41, 5.74) is 4.87. The SMILES string of the molecule is c1cnc(-n2cccc2CN2CCc3[nH]cnc3[C@@H]2c2ccsc2)nc1. The monoisotopic (exact) mass is 362 g/mol. The molecule has 0 fully saturated rings. The number of nitrogens with one attached hydrogen (secondary N) is 1. The zero-order valence-corrected chi connectivity index (χ0v) is 14.9. The average molecular weight is 362 g/mol. The van der Waals surface area contributed by atoms with Crippen LogP contribution in [0.15, 0.2) is 59.9 Å². The van der Waals surface area contributed by atoms with E-state index in [1.54, 1.807) is 23.7 Å². The van der Waals surface area contributed by atoms with Gasteiger partial charge in [0.2, 0.25) is 5.95 Å². The fourth-order valence-corrected chi connectivity index (χ4v) is 4.34. The van der Waals surface area contributed by atoms with Crippen molar-refractivity contribution in [2.45, 2.75) is 19.0 Å². The van der Waals surface area contributed by atoms with Crippen molar-refractivity contribution in [3.05, 3.63) is 82.6 Å². The van der Waals surface area contributed by atoms with Crippen molar-refractivity contribution in [1.29, 1.82) is 0 Å². The second-order valence-electron chi connectivity index (χ2n) is 6.36. The minimum atomic E-state index is 0.177. The van der Waals surface area contributed by atoms with Crippen LogP contribution in [0.3, 0.4) is 0 Å². The van der Waals surface area contributed by atoms with E-state index < -0.39 is 0 Å². The number of H-pyrrole nitrogens is 1. The highest BCUT2D eigenvalue weighted by Crippen LogP contribution is 2.35. The summed E-state index contributed by atoms with van der Waals surface area (Å²) in [7, 11) is 0. The summed E-state index contributed by atoms with van der Waals surface area (Å²) < 4.78 is 2.06. The first-order valence-electron chi connectivity index (χ1n) is 8.62. The third-order valence-electron chi connectivity index (χ3n) is 4.85. The molecule has 4 aromatic heterocycles. The molecule has 6 nitrogen and oxygen atoms in total. The average Bonchev–Trinajstić information content (AvgIpc) is 3.44. The topological polar surface area (TPSA) is 62.6 Å². The molecule has 1 N–H and O–H groups in total. The normalized spacial score (nSPS) is 17.3. The number of thiophene rings is 1. The van der Waals surface area contributed by atoms with Gasteiger partial charge in [0.05, 0.1) is 18.1 Å². The van der Waals surface area contributed by atoms with E-state index in [1.807, 2.05) is 18.6 Å². The molecule has 1 aliphatic heterocycles. The lowest BCUT2D eigenvalue weighted by Gasteiger charge is -2.34. The number of fused-ring (bicyclic) bond motifs is 1. The van der Waals surface area contributed by atoms with Gasteiger partial charge in [-0.1, -0.05) is 0 Å². The highest BCUT2D eigenvalue weighted by molar-refractivity contribution is 7.08. The lowest BCUT2D eigenvalue weighted by Crippen LogP contribution is -2.36. The van der Waals surface area contributed by atoms with Crippen molar-refractivity contribution in [3.63, 3.8) is 0 Å². The first kappa shape index (κ1) is 15.5. The van der Waals surface area contributed by atoms with Crippen LogP contribution in [0.4, 0.5) is 0 Å². The lowest BCUT2D eigenvalue weighted by atomic mass is 9.97. The van der Waals surface area contributed by atoms with Gasteiger partial charge in [-0.3, -0.25) is 9.47 Å². The Balaban J connectivity index is 1.50. The molecular formula is C19H18N6S. The maximum absolute atomic E-state index is 4.63. The summed E-state index contributed by atoms with van der Waals surface area (Å²) in [6, 6.07) is 8.40. The minimum absolute atomic E-state index is 0.177. The summed E-state index contributed by atoms with van der Waals surface area (Å²) in [4.78, 5) is 19.2. The van der Waals surface area contributed by atoms with Crippen LogP contribution < -0.4 is 0 Å². The van der Waals surface area contributed by atoms with Gasteiger partial charge in [-0.2, -0.15) is 11.3 Å². The molecule has 0 spiro atoms. The molecule has 0 saturated heterocycles. The third-order valence-corrected chi connectivity index (χ3v) is 5.55. The molecule has 5 heterocycles. The quantitative estimate of drug-likeness (QED) is 0.606. The molecule has 0 bridgehead atoms. The van der Waals surface area contributed by atoms with Crippen LogP contribution >= 0.6 is 11.3 Å². The molecule has 4 aromatic rings. The van der Waals surface area contributed by atoms with E-state index in [2.05, 4.69) is 58.4 Å². The van der Waals surface area contributed by atoms with Gasteiger partial charge in [0.15, 0.2) is 0 Å². The second-order valence-corrected chi connectivity index (χ2v) is 7.14. The molecular weight excluding hydrogens is 344 g/mol. The molecule has 0 aromatic carbocycles. The van der Waals surface area contributed by atoms with Crippen LogP contribution in [0.1, 0.15) is 28.7 Å². The zero-order chi connectivity index (χ0) is 17.3. The van der Waals surface area contributed by atoms with Crippen LogP contribution in [0.5, 0.6) is 0 Å². The van der Waals surface area contributed by atoms with Crippen LogP contribution in [0.2, 0.25) is 0 Å². The van der Waals surface area contributed by atoms with Gasteiger partial charge in [0.25, 0.3) is 0 Å². The van der Waals surface area contributed by atoms with Gasteiger partial charge < -0.3 is 4.98 Å². The van der Waals surface area contributed by atoms with Gasteiger partial charge in [-0.25, -0.2) is 15.0 Å². The van der Waals surface area contributed by atoms with Gasteiger partial charge >= 0.3 is 0 Å². The zero-order valence-electron chi connectivity index (χ0n) is 14.1. The van der Waals surface area contributed by atoms with Crippen molar-refractivity contribution in [3.8, 4) is 5.95 Å². The Morgan fingerprint density at radius 1 is 1.15 bits per heavy atom. The van der Waals surface area contributed by atoms with Crippen molar-refractivity contribution >= 4 is 11.3 Å². The van der Waals surface area contributed by atoms with Crippen molar-refractivity contribution in [2.75, 3.05) is 6.54 Å². The first-order valence-corrected chi connectivity index (χ1v) is 9.56. The number of rotatable bonds is 4. The Bertz CT molecular complexity index is 988.